The van der Waals surface area contributed by atoms with Crippen molar-refractivity contribution >= 4 is 0 Å². The maximum Gasteiger partial charge on any atom is -0.00233 e. The molecule has 2 heteroatoms. The third kappa shape index (κ3) is 8.52. The van der Waals surface area contributed by atoms with Gasteiger partial charge in [-0.2, -0.15) is 0 Å². The predicted molar refractivity (Wildman–Crippen MR) is 64.4 cm³/mol. The van der Waals surface area contributed by atoms with E-state index in [-0.39, 0.29) is 0 Å². The first-order valence-corrected chi connectivity index (χ1v) is 6.11. The van der Waals surface area contributed by atoms with Gasteiger partial charge in [0.25, 0.3) is 0 Å². The molecule has 0 rings (SSSR count). The summed E-state index contributed by atoms with van der Waals surface area (Å²) in [5, 5.41) is 3.50. The summed E-state index contributed by atoms with van der Waals surface area (Å²) in [4.78, 5) is 0. The molecule has 0 fully saturated rings. The number of hydrogen-bond donors (Lipinski definition) is 2. The zero-order valence-corrected chi connectivity index (χ0v) is 10.2. The lowest BCUT2D eigenvalue weighted by Gasteiger charge is -2.12. The quantitative estimate of drug-likeness (QED) is 0.561. The molecule has 0 spiro atoms. The molecule has 0 aliphatic carbocycles. The Labute approximate surface area is 89.6 Å². The van der Waals surface area contributed by atoms with Crippen LogP contribution in [-0.4, -0.2) is 19.6 Å². The molecule has 0 aromatic carbocycles. The first kappa shape index (κ1) is 13.9. The minimum atomic E-state index is 0.797. The van der Waals surface area contributed by atoms with E-state index in [2.05, 4.69) is 26.1 Å². The van der Waals surface area contributed by atoms with Gasteiger partial charge < -0.3 is 11.1 Å². The Balaban J connectivity index is 3.13. The number of nitrogens with two attached hydrogens (primary N) is 1. The highest BCUT2D eigenvalue weighted by Crippen LogP contribution is 2.08. The summed E-state index contributed by atoms with van der Waals surface area (Å²) in [6.45, 7) is 10.0. The lowest BCUT2D eigenvalue weighted by Crippen LogP contribution is -2.22. The maximum atomic E-state index is 5.50. The first-order valence-electron chi connectivity index (χ1n) is 6.11. The standard InChI is InChI=1S/C12H28N2/c1-4-11(2)10-14-9-5-6-12(3)7-8-13/h11-12,14H,4-10,13H2,1-3H3. The molecule has 3 N–H and O–H groups in total. The van der Waals surface area contributed by atoms with E-state index >= 15 is 0 Å². The lowest BCUT2D eigenvalue weighted by atomic mass is 10.0. The molecular formula is C12H28N2. The average molecular weight is 200 g/mol. The van der Waals surface area contributed by atoms with Gasteiger partial charge in [0.1, 0.15) is 0 Å². The first-order chi connectivity index (χ1) is 6.70. The van der Waals surface area contributed by atoms with Gasteiger partial charge in [-0.25, -0.2) is 0 Å². The predicted octanol–water partition coefficient (Wildman–Crippen LogP) is 2.39. The molecule has 86 valence electrons. The van der Waals surface area contributed by atoms with Gasteiger partial charge in [-0.15, -0.1) is 0 Å². The summed E-state index contributed by atoms with van der Waals surface area (Å²) in [7, 11) is 0. The van der Waals surface area contributed by atoms with Crippen molar-refractivity contribution in [3.8, 4) is 0 Å². The zero-order chi connectivity index (χ0) is 10.8. The van der Waals surface area contributed by atoms with E-state index in [0.717, 1.165) is 18.4 Å². The van der Waals surface area contributed by atoms with Crippen molar-refractivity contribution in [2.45, 2.75) is 46.5 Å². The average Bonchev–Trinajstić information content (AvgIpc) is 2.17. The monoisotopic (exact) mass is 200 g/mol. The van der Waals surface area contributed by atoms with Gasteiger partial charge in [-0.3, -0.25) is 0 Å². The van der Waals surface area contributed by atoms with E-state index in [4.69, 9.17) is 5.73 Å². The van der Waals surface area contributed by atoms with Crippen molar-refractivity contribution in [1.82, 2.24) is 5.32 Å². The van der Waals surface area contributed by atoms with Crippen LogP contribution in [0.3, 0.4) is 0 Å². The van der Waals surface area contributed by atoms with Crippen LogP contribution in [0, 0.1) is 11.8 Å². The summed E-state index contributed by atoms with van der Waals surface area (Å²) in [6.07, 6.45) is 5.05. The molecule has 2 unspecified atom stereocenters. The third-order valence-corrected chi connectivity index (χ3v) is 2.90. The normalized spacial score (nSPS) is 15.4. The Morgan fingerprint density at radius 2 is 1.86 bits per heavy atom. The fraction of sp³-hybridized carbons (Fsp3) is 1.00. The van der Waals surface area contributed by atoms with Crippen LogP contribution in [0.5, 0.6) is 0 Å². The molecule has 0 aliphatic rings. The second kappa shape index (κ2) is 9.47. The lowest BCUT2D eigenvalue weighted by molar-refractivity contribution is 0.447. The second-order valence-corrected chi connectivity index (χ2v) is 4.54. The van der Waals surface area contributed by atoms with Gasteiger partial charge in [-0.1, -0.05) is 27.2 Å². The summed E-state index contributed by atoms with van der Waals surface area (Å²) >= 11 is 0. The molecule has 0 aromatic rings. The number of nitrogens with one attached hydrogen (secondary N) is 1. The Morgan fingerprint density at radius 1 is 1.14 bits per heavy atom. The van der Waals surface area contributed by atoms with Crippen molar-refractivity contribution in [2.24, 2.45) is 17.6 Å². The Kier molecular flexibility index (Phi) is 9.42. The van der Waals surface area contributed by atoms with E-state index in [1.165, 1.54) is 38.8 Å². The Bertz CT molecular complexity index is 115. The summed E-state index contributed by atoms with van der Waals surface area (Å²) in [5.74, 6) is 1.61. The highest BCUT2D eigenvalue weighted by Gasteiger charge is 2.00. The van der Waals surface area contributed by atoms with Crippen LogP contribution in [0.4, 0.5) is 0 Å². The van der Waals surface area contributed by atoms with Crippen molar-refractivity contribution in [3.05, 3.63) is 0 Å². The fourth-order valence-corrected chi connectivity index (χ4v) is 1.50. The van der Waals surface area contributed by atoms with Gasteiger partial charge in [0, 0.05) is 0 Å². The summed E-state index contributed by atoms with van der Waals surface area (Å²) in [5.41, 5.74) is 5.50. The zero-order valence-electron chi connectivity index (χ0n) is 10.2. The smallest absolute Gasteiger partial charge is 0.00233 e. The minimum absolute atomic E-state index is 0.797. The van der Waals surface area contributed by atoms with Crippen LogP contribution in [0.2, 0.25) is 0 Å². The molecule has 2 atom stereocenters. The highest BCUT2D eigenvalue weighted by molar-refractivity contribution is 4.58. The molecule has 2 nitrogen and oxygen atoms in total. The minimum Gasteiger partial charge on any atom is -0.330 e. The molecule has 0 saturated carbocycles. The van der Waals surface area contributed by atoms with Crippen LogP contribution in [0.15, 0.2) is 0 Å². The van der Waals surface area contributed by atoms with Crippen molar-refractivity contribution < 1.29 is 0 Å². The molecule has 0 heterocycles. The highest BCUT2D eigenvalue weighted by atomic mass is 14.8. The number of rotatable bonds is 9. The second-order valence-electron chi connectivity index (χ2n) is 4.54. The number of hydrogen-bond acceptors (Lipinski definition) is 2. The topological polar surface area (TPSA) is 38.0 Å². The van der Waals surface area contributed by atoms with Gasteiger partial charge in [0.15, 0.2) is 0 Å². The van der Waals surface area contributed by atoms with E-state index in [0.29, 0.717) is 0 Å². The molecule has 0 amide bonds. The fourth-order valence-electron chi connectivity index (χ4n) is 1.50. The van der Waals surface area contributed by atoms with Crippen molar-refractivity contribution in [3.63, 3.8) is 0 Å². The largest absolute Gasteiger partial charge is 0.330 e. The third-order valence-electron chi connectivity index (χ3n) is 2.90. The Morgan fingerprint density at radius 3 is 2.43 bits per heavy atom. The maximum absolute atomic E-state index is 5.50. The van der Waals surface area contributed by atoms with E-state index in [9.17, 15) is 0 Å². The summed E-state index contributed by atoms with van der Waals surface area (Å²) < 4.78 is 0. The van der Waals surface area contributed by atoms with Crippen LogP contribution in [0.25, 0.3) is 0 Å². The summed E-state index contributed by atoms with van der Waals surface area (Å²) in [6, 6.07) is 0. The van der Waals surface area contributed by atoms with Gasteiger partial charge >= 0.3 is 0 Å². The van der Waals surface area contributed by atoms with Crippen LogP contribution in [-0.2, 0) is 0 Å². The molecule has 14 heavy (non-hydrogen) atoms. The van der Waals surface area contributed by atoms with Gasteiger partial charge in [0.05, 0.1) is 0 Å². The SMILES string of the molecule is CCC(C)CNCCCC(C)CCN. The van der Waals surface area contributed by atoms with E-state index in [1.807, 2.05) is 0 Å². The van der Waals surface area contributed by atoms with Crippen LogP contribution >= 0.6 is 0 Å². The van der Waals surface area contributed by atoms with Crippen molar-refractivity contribution in [2.75, 3.05) is 19.6 Å². The molecular weight excluding hydrogens is 172 g/mol. The molecule has 0 saturated heterocycles. The van der Waals surface area contributed by atoms with Crippen LogP contribution < -0.4 is 11.1 Å². The van der Waals surface area contributed by atoms with Gasteiger partial charge in [-0.05, 0) is 50.7 Å². The van der Waals surface area contributed by atoms with Crippen LogP contribution in [0.1, 0.15) is 46.5 Å². The molecule has 0 bridgehead atoms. The molecule has 0 aromatic heterocycles. The molecule has 0 aliphatic heterocycles. The Hall–Kier alpha value is -0.0800. The van der Waals surface area contributed by atoms with E-state index < -0.39 is 0 Å². The molecule has 0 radical (unpaired) electrons. The van der Waals surface area contributed by atoms with Crippen molar-refractivity contribution in [1.29, 1.82) is 0 Å². The van der Waals surface area contributed by atoms with Gasteiger partial charge in [0.2, 0.25) is 0 Å². The van der Waals surface area contributed by atoms with E-state index in [1.54, 1.807) is 0 Å².